The highest BCUT2D eigenvalue weighted by Gasteiger charge is 2.25. The highest BCUT2D eigenvalue weighted by Crippen LogP contribution is 2.32. The van der Waals surface area contributed by atoms with Gasteiger partial charge in [0.25, 0.3) is 0 Å². The summed E-state index contributed by atoms with van der Waals surface area (Å²) >= 11 is 6.27. The maximum atomic E-state index is 12.7. The van der Waals surface area contributed by atoms with Crippen molar-refractivity contribution >= 4 is 44.6 Å². The number of aryl methyl sites for hydroxylation is 2. The number of methoxy groups -OCH3 is 1. The fraction of sp³-hybridized carbons (Fsp3) is 0.286. The average molecular weight is 462 g/mol. The molecule has 0 aliphatic rings. The van der Waals surface area contributed by atoms with Crippen molar-refractivity contribution in [2.45, 2.75) is 38.0 Å². The number of ether oxygens (including phenoxy) is 1. The van der Waals surface area contributed by atoms with E-state index in [4.69, 9.17) is 16.3 Å². The van der Waals surface area contributed by atoms with Gasteiger partial charge < -0.3 is 15.4 Å². The maximum absolute atomic E-state index is 12.7. The van der Waals surface area contributed by atoms with Gasteiger partial charge in [-0.3, -0.25) is 0 Å². The number of hydrogen-bond donors (Lipinski definition) is 2. The van der Waals surface area contributed by atoms with Crippen molar-refractivity contribution in [3.63, 3.8) is 0 Å². The smallest absolute Gasteiger partial charge is 0.229 e. The predicted octanol–water partition coefficient (Wildman–Crippen LogP) is 4.82. The Morgan fingerprint density at radius 1 is 1.06 bits per heavy atom. The van der Waals surface area contributed by atoms with Crippen molar-refractivity contribution < 1.29 is 13.2 Å². The molecule has 0 saturated carbocycles. The Hall–Kier alpha value is -2.91. The third-order valence-electron chi connectivity index (χ3n) is 4.72. The molecule has 3 rings (SSSR count). The minimum atomic E-state index is -3.61. The van der Waals surface area contributed by atoms with Crippen LogP contribution in [0.1, 0.15) is 25.0 Å². The van der Waals surface area contributed by atoms with Crippen LogP contribution in [0, 0.1) is 13.8 Å². The zero-order chi connectivity index (χ0) is 22.8. The molecule has 1 aromatic carbocycles. The molecular weight excluding hydrogens is 438 g/mol. The monoisotopic (exact) mass is 461 g/mol. The lowest BCUT2D eigenvalue weighted by molar-refractivity contribution is 0.416. The number of rotatable bonds is 7. The lowest BCUT2D eigenvalue weighted by Crippen LogP contribution is -2.17. The van der Waals surface area contributed by atoms with Crippen molar-refractivity contribution in [3.8, 4) is 5.75 Å². The Labute approximate surface area is 187 Å². The first-order valence-corrected chi connectivity index (χ1v) is 11.5. The van der Waals surface area contributed by atoms with E-state index in [1.807, 2.05) is 26.0 Å². The molecule has 0 saturated heterocycles. The summed E-state index contributed by atoms with van der Waals surface area (Å²) in [6.07, 6.45) is 2.86. The quantitative estimate of drug-likeness (QED) is 0.515. The number of halogens is 1. The molecule has 0 spiro atoms. The largest absolute Gasteiger partial charge is 0.495 e. The summed E-state index contributed by atoms with van der Waals surface area (Å²) in [6, 6.07) is 7.11. The van der Waals surface area contributed by atoms with Gasteiger partial charge in [0, 0.05) is 6.20 Å². The number of sulfone groups is 1. The molecule has 0 aliphatic heterocycles. The van der Waals surface area contributed by atoms with Gasteiger partial charge in [-0.2, -0.15) is 4.98 Å². The summed E-state index contributed by atoms with van der Waals surface area (Å²) in [5.74, 6) is 1.16. The van der Waals surface area contributed by atoms with Crippen LogP contribution < -0.4 is 15.4 Å². The first-order valence-electron chi connectivity index (χ1n) is 9.54. The van der Waals surface area contributed by atoms with Gasteiger partial charge >= 0.3 is 0 Å². The van der Waals surface area contributed by atoms with Crippen LogP contribution in [0.2, 0.25) is 5.02 Å². The van der Waals surface area contributed by atoms with Crippen molar-refractivity contribution in [1.82, 2.24) is 15.0 Å². The fourth-order valence-electron chi connectivity index (χ4n) is 2.76. The molecule has 0 atom stereocenters. The summed E-state index contributed by atoms with van der Waals surface area (Å²) in [7, 11) is -2.02. The Morgan fingerprint density at radius 3 is 2.45 bits per heavy atom. The summed E-state index contributed by atoms with van der Waals surface area (Å²) in [6.45, 7) is 7.20. The minimum Gasteiger partial charge on any atom is -0.495 e. The summed E-state index contributed by atoms with van der Waals surface area (Å²) in [4.78, 5) is 12.7. The van der Waals surface area contributed by atoms with Crippen molar-refractivity contribution in [2.24, 2.45) is 0 Å². The number of pyridine rings is 1. The van der Waals surface area contributed by atoms with Crippen LogP contribution in [-0.4, -0.2) is 35.7 Å². The Morgan fingerprint density at radius 2 is 1.77 bits per heavy atom. The van der Waals surface area contributed by atoms with E-state index in [0.29, 0.717) is 11.4 Å². The van der Waals surface area contributed by atoms with E-state index >= 15 is 0 Å². The lowest BCUT2D eigenvalue weighted by atomic mass is 10.1. The fourth-order valence-corrected chi connectivity index (χ4v) is 3.97. The van der Waals surface area contributed by atoms with Gasteiger partial charge in [0.05, 0.1) is 29.9 Å². The average Bonchev–Trinajstić information content (AvgIpc) is 2.73. The zero-order valence-electron chi connectivity index (χ0n) is 17.9. The molecule has 0 aliphatic carbocycles. The van der Waals surface area contributed by atoms with Crippen molar-refractivity contribution in [3.05, 3.63) is 52.8 Å². The van der Waals surface area contributed by atoms with Crippen LogP contribution in [0.4, 0.5) is 23.1 Å². The molecule has 10 heteroatoms. The SMILES string of the molecule is COc1cc(C)c(C)cc1Nc1ncc(Cl)c(Nc2cccnc2S(=O)(=O)C(C)C)n1. The van der Waals surface area contributed by atoms with Gasteiger partial charge in [0.1, 0.15) is 10.8 Å². The van der Waals surface area contributed by atoms with Gasteiger partial charge in [-0.05, 0) is 63.1 Å². The maximum Gasteiger partial charge on any atom is 0.229 e. The van der Waals surface area contributed by atoms with E-state index in [-0.39, 0.29) is 27.5 Å². The number of benzene rings is 1. The highest BCUT2D eigenvalue weighted by atomic mass is 35.5. The highest BCUT2D eigenvalue weighted by molar-refractivity contribution is 7.92. The normalized spacial score (nSPS) is 11.5. The first-order chi connectivity index (χ1) is 14.6. The lowest BCUT2D eigenvalue weighted by Gasteiger charge is -2.15. The topological polar surface area (TPSA) is 106 Å². The summed E-state index contributed by atoms with van der Waals surface area (Å²) in [5, 5.41) is 5.65. The Balaban J connectivity index is 1.97. The molecular formula is C21H24ClN5O3S. The molecule has 3 aromatic rings. The summed E-state index contributed by atoms with van der Waals surface area (Å²) in [5.41, 5.74) is 3.15. The van der Waals surface area contributed by atoms with E-state index in [1.54, 1.807) is 33.1 Å². The van der Waals surface area contributed by atoms with E-state index < -0.39 is 15.1 Å². The first kappa shape index (κ1) is 22.8. The minimum absolute atomic E-state index is 0.0648. The van der Waals surface area contributed by atoms with Crippen LogP contribution in [-0.2, 0) is 9.84 Å². The number of anilines is 4. The van der Waals surface area contributed by atoms with Crippen molar-refractivity contribution in [1.29, 1.82) is 0 Å². The van der Waals surface area contributed by atoms with E-state index in [0.717, 1.165) is 11.1 Å². The second kappa shape index (κ2) is 9.07. The van der Waals surface area contributed by atoms with Crippen LogP contribution >= 0.6 is 11.6 Å². The van der Waals surface area contributed by atoms with Gasteiger partial charge in [-0.25, -0.2) is 18.4 Å². The van der Waals surface area contributed by atoms with Gasteiger partial charge in [-0.1, -0.05) is 11.6 Å². The Kier molecular flexibility index (Phi) is 6.66. The molecule has 2 N–H and O–H groups in total. The van der Waals surface area contributed by atoms with Crippen LogP contribution in [0.5, 0.6) is 5.75 Å². The molecule has 8 nitrogen and oxygen atoms in total. The van der Waals surface area contributed by atoms with Crippen LogP contribution in [0.15, 0.2) is 41.7 Å². The number of hydrogen-bond acceptors (Lipinski definition) is 8. The second-order valence-electron chi connectivity index (χ2n) is 7.23. The molecule has 0 unspecified atom stereocenters. The summed E-state index contributed by atoms with van der Waals surface area (Å²) < 4.78 is 30.8. The molecule has 0 radical (unpaired) electrons. The van der Waals surface area contributed by atoms with Gasteiger partial charge in [0.2, 0.25) is 5.95 Å². The molecule has 0 amide bonds. The van der Waals surface area contributed by atoms with Crippen LogP contribution in [0.25, 0.3) is 0 Å². The van der Waals surface area contributed by atoms with Gasteiger partial charge in [0.15, 0.2) is 20.7 Å². The zero-order valence-corrected chi connectivity index (χ0v) is 19.5. The molecule has 0 fully saturated rings. The number of nitrogens with one attached hydrogen (secondary N) is 2. The van der Waals surface area contributed by atoms with E-state index in [1.165, 1.54) is 12.4 Å². The molecule has 2 heterocycles. The van der Waals surface area contributed by atoms with Crippen LogP contribution in [0.3, 0.4) is 0 Å². The molecule has 0 bridgehead atoms. The second-order valence-corrected chi connectivity index (χ2v) is 10.1. The number of nitrogens with zero attached hydrogens (tertiary/aromatic N) is 3. The standard InChI is InChI=1S/C21H24ClN5O3S/c1-12(2)31(28,29)20-16(7-6-8-23-20)25-19-15(22)11-24-21(27-19)26-17-9-13(3)14(4)10-18(17)30-5/h6-12H,1-5H3,(H2,24,25,26,27). The van der Waals surface area contributed by atoms with Gasteiger partial charge in [-0.15, -0.1) is 0 Å². The van der Waals surface area contributed by atoms with Crippen molar-refractivity contribution in [2.75, 3.05) is 17.7 Å². The third kappa shape index (κ3) is 4.88. The predicted molar refractivity (Wildman–Crippen MR) is 123 cm³/mol. The van der Waals surface area contributed by atoms with E-state index in [2.05, 4.69) is 25.6 Å². The Bertz CT molecular complexity index is 1220. The molecule has 31 heavy (non-hydrogen) atoms. The molecule has 2 aromatic heterocycles. The van der Waals surface area contributed by atoms with E-state index in [9.17, 15) is 8.42 Å². The number of aromatic nitrogens is 3. The third-order valence-corrected chi connectivity index (χ3v) is 7.10. The molecule has 164 valence electrons.